The zero-order chi connectivity index (χ0) is 11.4. The number of hydrogen-bond donors (Lipinski definition) is 2. The highest BCUT2D eigenvalue weighted by atomic mass is 16.3. The third-order valence-corrected chi connectivity index (χ3v) is 2.98. The molecular weight excluding hydrogens is 204 g/mol. The number of aliphatic hydroxyl groups excluding tert-OH is 1. The van der Waals surface area contributed by atoms with E-state index in [1.807, 2.05) is 12.1 Å². The van der Waals surface area contributed by atoms with Crippen LogP contribution in [-0.4, -0.2) is 42.3 Å². The Morgan fingerprint density at radius 3 is 3.12 bits per heavy atom. The molecule has 2 rings (SSSR count). The van der Waals surface area contributed by atoms with E-state index in [2.05, 4.69) is 17.1 Å². The van der Waals surface area contributed by atoms with E-state index in [-0.39, 0.29) is 12.6 Å². The van der Waals surface area contributed by atoms with Crippen LogP contribution in [0.25, 0.3) is 0 Å². The molecule has 0 amide bonds. The van der Waals surface area contributed by atoms with Gasteiger partial charge in [-0.25, -0.2) is 0 Å². The summed E-state index contributed by atoms with van der Waals surface area (Å²) in [4.78, 5) is 2.34. The molecule has 1 aromatic heterocycles. The predicted octanol–water partition coefficient (Wildman–Crippen LogP) is 0.682. The Labute approximate surface area is 96.2 Å². The quantitative estimate of drug-likeness (QED) is 0.793. The van der Waals surface area contributed by atoms with Crippen LogP contribution in [0.5, 0.6) is 0 Å². The summed E-state index contributed by atoms with van der Waals surface area (Å²) < 4.78 is 5.36. The molecule has 1 aliphatic heterocycles. The average Bonchev–Trinajstić information content (AvgIpc) is 2.69. The van der Waals surface area contributed by atoms with Crippen molar-refractivity contribution in [3.8, 4) is 0 Å². The first-order chi connectivity index (χ1) is 7.78. The fourth-order valence-corrected chi connectivity index (χ4v) is 2.20. The number of rotatable bonds is 3. The van der Waals surface area contributed by atoms with Crippen molar-refractivity contribution in [2.75, 3.05) is 26.2 Å². The summed E-state index contributed by atoms with van der Waals surface area (Å²) in [7, 11) is 0. The van der Waals surface area contributed by atoms with Gasteiger partial charge in [-0.3, -0.25) is 4.90 Å². The van der Waals surface area contributed by atoms with Gasteiger partial charge in [-0.2, -0.15) is 0 Å². The van der Waals surface area contributed by atoms with Crippen LogP contribution in [0.1, 0.15) is 12.7 Å². The molecule has 4 nitrogen and oxygen atoms in total. The van der Waals surface area contributed by atoms with Crippen LogP contribution < -0.4 is 5.32 Å². The fourth-order valence-electron chi connectivity index (χ4n) is 2.20. The predicted molar refractivity (Wildman–Crippen MR) is 62.0 cm³/mol. The second-order valence-electron chi connectivity index (χ2n) is 4.67. The molecule has 1 saturated heterocycles. The third kappa shape index (κ3) is 3.07. The minimum Gasteiger partial charge on any atom is -0.468 e. The molecule has 16 heavy (non-hydrogen) atoms. The van der Waals surface area contributed by atoms with Crippen molar-refractivity contribution in [1.29, 1.82) is 0 Å². The number of furan rings is 1. The maximum Gasteiger partial charge on any atom is 0.117 e. The zero-order valence-electron chi connectivity index (χ0n) is 9.72. The van der Waals surface area contributed by atoms with Gasteiger partial charge in [0.2, 0.25) is 0 Å². The molecule has 2 unspecified atom stereocenters. The molecule has 2 atom stereocenters. The lowest BCUT2D eigenvalue weighted by atomic mass is 10.2. The molecule has 1 aliphatic rings. The van der Waals surface area contributed by atoms with E-state index in [0.717, 1.165) is 31.9 Å². The second-order valence-corrected chi connectivity index (χ2v) is 4.67. The molecule has 0 aliphatic carbocycles. The van der Waals surface area contributed by atoms with Gasteiger partial charge in [-0.05, 0) is 24.6 Å². The van der Waals surface area contributed by atoms with Gasteiger partial charge in [-0.15, -0.1) is 0 Å². The minimum absolute atomic E-state index is 0.180. The van der Waals surface area contributed by atoms with Gasteiger partial charge in [0.25, 0.3) is 0 Å². The van der Waals surface area contributed by atoms with E-state index in [1.54, 1.807) is 6.26 Å². The molecule has 0 aromatic carbocycles. The summed E-state index contributed by atoms with van der Waals surface area (Å²) in [5.41, 5.74) is 0. The van der Waals surface area contributed by atoms with Crippen LogP contribution in [0.15, 0.2) is 22.8 Å². The maximum atomic E-state index is 9.23. The number of hydrogen-bond acceptors (Lipinski definition) is 4. The molecule has 0 bridgehead atoms. The smallest absolute Gasteiger partial charge is 0.117 e. The largest absolute Gasteiger partial charge is 0.468 e. The summed E-state index contributed by atoms with van der Waals surface area (Å²) in [6, 6.07) is 4.09. The van der Waals surface area contributed by atoms with Crippen molar-refractivity contribution in [2.45, 2.75) is 19.5 Å². The van der Waals surface area contributed by atoms with Crippen molar-refractivity contribution in [2.24, 2.45) is 5.92 Å². The van der Waals surface area contributed by atoms with Crippen molar-refractivity contribution in [1.82, 2.24) is 10.2 Å². The minimum atomic E-state index is 0.180. The Hall–Kier alpha value is -0.840. The van der Waals surface area contributed by atoms with E-state index in [4.69, 9.17) is 4.42 Å². The SMILES string of the molecule is CC1CNC(CO)CN(Cc2ccco2)C1. The highest BCUT2D eigenvalue weighted by Crippen LogP contribution is 2.11. The maximum absolute atomic E-state index is 9.23. The molecule has 4 heteroatoms. The first-order valence-electron chi connectivity index (χ1n) is 5.87. The number of aliphatic hydroxyl groups is 1. The normalized spacial score (nSPS) is 27.9. The fraction of sp³-hybridized carbons (Fsp3) is 0.667. The zero-order valence-corrected chi connectivity index (χ0v) is 9.72. The summed E-state index contributed by atoms with van der Waals surface area (Å²) >= 11 is 0. The van der Waals surface area contributed by atoms with E-state index in [0.29, 0.717) is 5.92 Å². The Bertz CT molecular complexity index is 300. The highest BCUT2D eigenvalue weighted by Gasteiger charge is 2.21. The molecule has 2 heterocycles. The van der Waals surface area contributed by atoms with E-state index >= 15 is 0 Å². The molecular formula is C12H20N2O2. The summed E-state index contributed by atoms with van der Waals surface area (Å²) in [6.07, 6.45) is 1.71. The van der Waals surface area contributed by atoms with Crippen LogP contribution >= 0.6 is 0 Å². The van der Waals surface area contributed by atoms with Gasteiger partial charge in [0, 0.05) is 19.1 Å². The Morgan fingerprint density at radius 1 is 1.56 bits per heavy atom. The van der Waals surface area contributed by atoms with Crippen molar-refractivity contribution in [3.63, 3.8) is 0 Å². The lowest BCUT2D eigenvalue weighted by Gasteiger charge is -2.22. The van der Waals surface area contributed by atoms with Crippen molar-refractivity contribution < 1.29 is 9.52 Å². The number of nitrogens with one attached hydrogen (secondary N) is 1. The summed E-state index contributed by atoms with van der Waals surface area (Å²) in [5, 5.41) is 12.6. The molecule has 0 spiro atoms. The first kappa shape index (κ1) is 11.6. The van der Waals surface area contributed by atoms with Crippen LogP contribution in [0.4, 0.5) is 0 Å². The van der Waals surface area contributed by atoms with Crippen molar-refractivity contribution >= 4 is 0 Å². The molecule has 90 valence electrons. The third-order valence-electron chi connectivity index (χ3n) is 2.98. The van der Waals surface area contributed by atoms with Gasteiger partial charge in [-0.1, -0.05) is 6.92 Å². The van der Waals surface area contributed by atoms with Crippen LogP contribution in [0, 0.1) is 5.92 Å². The van der Waals surface area contributed by atoms with E-state index in [9.17, 15) is 5.11 Å². The molecule has 1 fully saturated rings. The molecule has 1 aromatic rings. The monoisotopic (exact) mass is 224 g/mol. The molecule has 0 saturated carbocycles. The van der Waals surface area contributed by atoms with Gasteiger partial charge in [0.05, 0.1) is 19.4 Å². The van der Waals surface area contributed by atoms with E-state index in [1.165, 1.54) is 0 Å². The van der Waals surface area contributed by atoms with Gasteiger partial charge in [0.1, 0.15) is 5.76 Å². The van der Waals surface area contributed by atoms with E-state index < -0.39 is 0 Å². The lowest BCUT2D eigenvalue weighted by Crippen LogP contribution is -2.39. The van der Waals surface area contributed by atoms with Crippen molar-refractivity contribution in [3.05, 3.63) is 24.2 Å². The Kier molecular flexibility index (Phi) is 3.98. The van der Waals surface area contributed by atoms with Gasteiger partial charge < -0.3 is 14.8 Å². The van der Waals surface area contributed by atoms with Gasteiger partial charge >= 0.3 is 0 Å². The van der Waals surface area contributed by atoms with Gasteiger partial charge in [0.15, 0.2) is 0 Å². The summed E-state index contributed by atoms with van der Waals surface area (Å²) in [5.74, 6) is 1.59. The second kappa shape index (κ2) is 5.48. The summed E-state index contributed by atoms with van der Waals surface area (Å²) in [6.45, 7) is 6.14. The van der Waals surface area contributed by atoms with Crippen LogP contribution in [0.3, 0.4) is 0 Å². The van der Waals surface area contributed by atoms with Crippen LogP contribution in [-0.2, 0) is 6.54 Å². The molecule has 0 radical (unpaired) electrons. The Morgan fingerprint density at radius 2 is 2.44 bits per heavy atom. The highest BCUT2D eigenvalue weighted by molar-refractivity contribution is 4.98. The number of nitrogens with zero attached hydrogens (tertiary/aromatic N) is 1. The topological polar surface area (TPSA) is 48.6 Å². The first-order valence-corrected chi connectivity index (χ1v) is 5.87. The molecule has 2 N–H and O–H groups in total. The average molecular weight is 224 g/mol. The van der Waals surface area contributed by atoms with Crippen LogP contribution in [0.2, 0.25) is 0 Å². The Balaban J connectivity index is 1.95. The standard InChI is InChI=1S/C12H20N2O2/c1-10-5-13-11(9-15)7-14(6-10)8-12-3-2-4-16-12/h2-4,10-11,13,15H,5-9H2,1H3. The lowest BCUT2D eigenvalue weighted by molar-refractivity contribution is 0.184.